The summed E-state index contributed by atoms with van der Waals surface area (Å²) in [7, 11) is 0. The van der Waals surface area contributed by atoms with Crippen molar-refractivity contribution in [2.24, 2.45) is 11.8 Å². The minimum absolute atomic E-state index is 0.0663. The van der Waals surface area contributed by atoms with Crippen molar-refractivity contribution in [2.75, 3.05) is 19.8 Å². The van der Waals surface area contributed by atoms with Crippen LogP contribution in [0.15, 0.2) is 0 Å². The molecule has 1 aliphatic carbocycles. The number of carbonyl (C=O) groups is 3. The highest BCUT2D eigenvalue weighted by Gasteiger charge is 2.74. The molecule has 0 aromatic carbocycles. The van der Waals surface area contributed by atoms with Crippen LogP contribution < -0.4 is 5.32 Å². The Kier molecular flexibility index (Phi) is 5.84. The normalized spacial score (nSPS) is 36.3. The van der Waals surface area contributed by atoms with E-state index in [9.17, 15) is 19.5 Å². The van der Waals surface area contributed by atoms with Crippen molar-refractivity contribution in [3.05, 3.63) is 0 Å². The molecule has 4 aliphatic rings. The third-order valence-electron chi connectivity index (χ3n) is 7.12. The molecule has 2 bridgehead atoms. The van der Waals surface area contributed by atoms with E-state index in [1.165, 1.54) is 6.42 Å². The molecular formula is C21H32N2O6. The van der Waals surface area contributed by atoms with Crippen LogP contribution in [0, 0.1) is 11.8 Å². The number of ether oxygens (including phenoxy) is 2. The highest BCUT2D eigenvalue weighted by molar-refractivity contribution is 5.98. The van der Waals surface area contributed by atoms with E-state index < -0.39 is 29.4 Å². The summed E-state index contributed by atoms with van der Waals surface area (Å²) in [4.78, 5) is 40.9. The van der Waals surface area contributed by atoms with Gasteiger partial charge in [-0.25, -0.2) is 0 Å². The van der Waals surface area contributed by atoms with Gasteiger partial charge in [0.05, 0.1) is 24.5 Å². The first-order valence-electron chi connectivity index (χ1n) is 11.1. The van der Waals surface area contributed by atoms with Gasteiger partial charge in [0.15, 0.2) is 0 Å². The topological polar surface area (TPSA) is 105 Å². The van der Waals surface area contributed by atoms with Gasteiger partial charge in [0.1, 0.15) is 11.6 Å². The molecule has 4 fully saturated rings. The molecule has 2 amide bonds. The Bertz CT molecular complexity index is 664. The maximum Gasteiger partial charge on any atom is 0.312 e. The van der Waals surface area contributed by atoms with Crippen molar-refractivity contribution >= 4 is 17.8 Å². The molecule has 5 atom stereocenters. The van der Waals surface area contributed by atoms with Gasteiger partial charge in [-0.05, 0) is 39.0 Å². The summed E-state index contributed by atoms with van der Waals surface area (Å²) in [5.74, 6) is -2.15. The Morgan fingerprint density at radius 3 is 2.72 bits per heavy atom. The molecule has 0 aromatic heterocycles. The van der Waals surface area contributed by atoms with Crippen molar-refractivity contribution < 1.29 is 29.0 Å². The Labute approximate surface area is 171 Å². The maximum atomic E-state index is 13.4. The number of esters is 1. The van der Waals surface area contributed by atoms with Crippen LogP contribution in [0.3, 0.4) is 0 Å². The average molecular weight is 408 g/mol. The predicted octanol–water partition coefficient (Wildman–Crippen LogP) is 0.755. The first kappa shape index (κ1) is 20.6. The minimum Gasteiger partial charge on any atom is -0.466 e. The zero-order chi connectivity index (χ0) is 20.6. The highest BCUT2D eigenvalue weighted by atomic mass is 16.6. The van der Waals surface area contributed by atoms with Crippen molar-refractivity contribution in [1.82, 2.24) is 10.2 Å². The number of aliphatic hydroxyl groups excluding tert-OH is 1. The number of aliphatic hydroxyl groups is 1. The Hall–Kier alpha value is -1.67. The third-order valence-corrected chi connectivity index (χ3v) is 7.12. The van der Waals surface area contributed by atoms with E-state index in [1.807, 2.05) is 0 Å². The number of carbonyl (C=O) groups excluding carboxylic acids is 3. The summed E-state index contributed by atoms with van der Waals surface area (Å²) in [5.41, 5.74) is -0.965. The Morgan fingerprint density at radius 2 is 2.03 bits per heavy atom. The number of nitrogens with one attached hydrogen (secondary N) is 1. The second-order valence-corrected chi connectivity index (χ2v) is 8.76. The molecule has 162 valence electrons. The third kappa shape index (κ3) is 3.34. The predicted molar refractivity (Wildman–Crippen MR) is 103 cm³/mol. The maximum absolute atomic E-state index is 13.4. The van der Waals surface area contributed by atoms with E-state index in [1.54, 1.807) is 11.8 Å². The molecule has 8 heteroatoms. The molecule has 3 aliphatic heterocycles. The van der Waals surface area contributed by atoms with Crippen LogP contribution in [-0.4, -0.2) is 71.3 Å². The average Bonchev–Trinajstić information content (AvgIpc) is 3.34. The minimum atomic E-state index is -0.965. The molecule has 8 nitrogen and oxygen atoms in total. The summed E-state index contributed by atoms with van der Waals surface area (Å²) in [6, 6.07) is -0.626. The van der Waals surface area contributed by atoms with E-state index in [-0.39, 0.29) is 43.7 Å². The number of hydrogen-bond donors (Lipinski definition) is 2. The summed E-state index contributed by atoms with van der Waals surface area (Å²) >= 11 is 0. The molecule has 2 N–H and O–H groups in total. The van der Waals surface area contributed by atoms with Gasteiger partial charge in [-0.2, -0.15) is 0 Å². The van der Waals surface area contributed by atoms with Crippen molar-refractivity contribution in [3.63, 3.8) is 0 Å². The van der Waals surface area contributed by atoms with E-state index in [0.29, 0.717) is 19.3 Å². The molecule has 3 heterocycles. The zero-order valence-corrected chi connectivity index (χ0v) is 17.1. The summed E-state index contributed by atoms with van der Waals surface area (Å²) in [5, 5.41) is 12.5. The summed E-state index contributed by atoms with van der Waals surface area (Å²) in [6.45, 7) is 2.20. The summed E-state index contributed by atoms with van der Waals surface area (Å²) in [6.07, 6.45) is 6.54. The van der Waals surface area contributed by atoms with Crippen LogP contribution in [-0.2, 0) is 23.9 Å². The fraction of sp³-hybridized carbons (Fsp3) is 0.857. The number of rotatable bonds is 7. The van der Waals surface area contributed by atoms with Gasteiger partial charge in [-0.3, -0.25) is 14.4 Å². The molecule has 0 unspecified atom stereocenters. The number of likely N-dealkylation sites (tertiary alicyclic amines) is 1. The molecule has 3 saturated heterocycles. The molecular weight excluding hydrogens is 376 g/mol. The molecule has 4 rings (SSSR count). The standard InChI is InChI=1S/C21H32N2O6/c1-2-28-20(27)15-14-9-10-21(29-14)16(15)19(26)23(11-6-12-24)17(21)18(25)22-13-7-4-3-5-8-13/h13-17,24H,2-12H2,1H3,(H,22,25)/t14-,15+,16+,17-,21+/m1/s1. The lowest BCUT2D eigenvalue weighted by molar-refractivity contribution is -0.154. The first-order valence-corrected chi connectivity index (χ1v) is 11.1. The van der Waals surface area contributed by atoms with Crippen LogP contribution in [0.1, 0.15) is 58.3 Å². The van der Waals surface area contributed by atoms with Crippen molar-refractivity contribution in [1.29, 1.82) is 0 Å². The number of hydrogen-bond acceptors (Lipinski definition) is 6. The summed E-state index contributed by atoms with van der Waals surface area (Å²) < 4.78 is 11.5. The second kappa shape index (κ2) is 8.22. The molecule has 1 saturated carbocycles. The van der Waals surface area contributed by atoms with E-state index in [0.717, 1.165) is 25.7 Å². The first-order chi connectivity index (χ1) is 14.0. The fourth-order valence-electron chi connectivity index (χ4n) is 5.97. The zero-order valence-electron chi connectivity index (χ0n) is 17.1. The van der Waals surface area contributed by atoms with Crippen molar-refractivity contribution in [2.45, 2.75) is 82.1 Å². The van der Waals surface area contributed by atoms with E-state index in [4.69, 9.17) is 9.47 Å². The van der Waals surface area contributed by atoms with Gasteiger partial charge in [0.2, 0.25) is 11.8 Å². The van der Waals surface area contributed by atoms with Gasteiger partial charge in [-0.15, -0.1) is 0 Å². The number of fused-ring (bicyclic) bond motifs is 1. The van der Waals surface area contributed by atoms with Crippen LogP contribution in [0.5, 0.6) is 0 Å². The van der Waals surface area contributed by atoms with Gasteiger partial charge in [-0.1, -0.05) is 19.3 Å². The van der Waals surface area contributed by atoms with Gasteiger partial charge < -0.3 is 24.8 Å². The van der Waals surface area contributed by atoms with Crippen LogP contribution in [0.4, 0.5) is 0 Å². The largest absolute Gasteiger partial charge is 0.466 e. The highest BCUT2D eigenvalue weighted by Crippen LogP contribution is 2.58. The smallest absolute Gasteiger partial charge is 0.312 e. The van der Waals surface area contributed by atoms with E-state index in [2.05, 4.69) is 5.32 Å². The molecule has 0 radical (unpaired) electrons. The number of amides is 2. The lowest BCUT2D eigenvalue weighted by atomic mass is 9.70. The van der Waals surface area contributed by atoms with Gasteiger partial charge in [0.25, 0.3) is 0 Å². The molecule has 1 spiro atoms. The van der Waals surface area contributed by atoms with Gasteiger partial charge >= 0.3 is 5.97 Å². The second-order valence-electron chi connectivity index (χ2n) is 8.76. The molecule has 0 aromatic rings. The molecule has 29 heavy (non-hydrogen) atoms. The van der Waals surface area contributed by atoms with Crippen molar-refractivity contribution in [3.8, 4) is 0 Å². The van der Waals surface area contributed by atoms with Gasteiger partial charge in [0, 0.05) is 19.2 Å². The van der Waals surface area contributed by atoms with E-state index >= 15 is 0 Å². The Morgan fingerprint density at radius 1 is 1.28 bits per heavy atom. The SMILES string of the molecule is CCOC(=O)[C@@H]1[C@H]2C(=O)N(CCCO)[C@H](C(=O)NC3CCCCC3)[C@]23CC[C@H]1O3. The monoisotopic (exact) mass is 408 g/mol. The quantitative estimate of drug-likeness (QED) is 0.603. The van der Waals surface area contributed by atoms with Crippen LogP contribution in [0.25, 0.3) is 0 Å². The van der Waals surface area contributed by atoms with Crippen LogP contribution >= 0.6 is 0 Å². The lowest BCUT2D eigenvalue weighted by Crippen LogP contribution is -2.57. The Balaban J connectivity index is 1.62. The fourth-order valence-corrected chi connectivity index (χ4v) is 5.97. The lowest BCUT2D eigenvalue weighted by Gasteiger charge is -2.35. The number of nitrogens with zero attached hydrogens (tertiary/aromatic N) is 1. The van der Waals surface area contributed by atoms with Crippen LogP contribution in [0.2, 0.25) is 0 Å².